The summed E-state index contributed by atoms with van der Waals surface area (Å²) < 4.78 is 30.3. The van der Waals surface area contributed by atoms with Crippen molar-refractivity contribution in [3.63, 3.8) is 0 Å². The molecule has 0 radical (unpaired) electrons. The summed E-state index contributed by atoms with van der Waals surface area (Å²) in [5.41, 5.74) is 2.50. The van der Waals surface area contributed by atoms with Crippen molar-refractivity contribution >= 4 is 22.8 Å². The summed E-state index contributed by atoms with van der Waals surface area (Å²) in [4.78, 5) is 7.73. The van der Waals surface area contributed by atoms with Gasteiger partial charge in [0.25, 0.3) is 0 Å². The molecule has 4 aromatic rings. The smallest absolute Gasteiger partial charge is 0.387 e. The second-order valence-electron chi connectivity index (χ2n) is 5.23. The standard InChI is InChI=1S/C16H12F2N6OS/c17-15(18)25-11-7-5-10(6-8-11)24-14(21-22-23-24)9-26-16-19-12-3-1-2-4-13(12)20-16/h1-8,15H,9H2,(H,19,20). The summed E-state index contributed by atoms with van der Waals surface area (Å²) in [6.07, 6.45) is 0. The summed E-state index contributed by atoms with van der Waals surface area (Å²) >= 11 is 1.47. The van der Waals surface area contributed by atoms with Crippen molar-refractivity contribution in [2.75, 3.05) is 0 Å². The lowest BCUT2D eigenvalue weighted by Gasteiger charge is -2.06. The molecule has 0 bridgehead atoms. The van der Waals surface area contributed by atoms with Gasteiger partial charge < -0.3 is 9.72 Å². The Bertz CT molecular complexity index is 984. The van der Waals surface area contributed by atoms with Crippen LogP contribution in [0.3, 0.4) is 0 Å². The molecule has 0 spiro atoms. The van der Waals surface area contributed by atoms with E-state index >= 15 is 0 Å². The Balaban J connectivity index is 1.49. The van der Waals surface area contributed by atoms with Gasteiger partial charge in [-0.15, -0.1) is 5.10 Å². The van der Waals surface area contributed by atoms with Crippen LogP contribution < -0.4 is 4.74 Å². The number of H-pyrrole nitrogens is 1. The molecule has 7 nitrogen and oxygen atoms in total. The Morgan fingerprint density at radius 1 is 1.12 bits per heavy atom. The molecule has 10 heteroatoms. The van der Waals surface area contributed by atoms with Gasteiger partial charge in [0.1, 0.15) is 5.75 Å². The van der Waals surface area contributed by atoms with Gasteiger partial charge in [0.2, 0.25) is 0 Å². The van der Waals surface area contributed by atoms with E-state index in [1.165, 1.54) is 23.9 Å². The van der Waals surface area contributed by atoms with Gasteiger partial charge in [0.15, 0.2) is 11.0 Å². The van der Waals surface area contributed by atoms with Crippen LogP contribution in [0.25, 0.3) is 16.7 Å². The molecule has 0 fully saturated rings. The van der Waals surface area contributed by atoms with Crippen molar-refractivity contribution in [1.82, 2.24) is 30.2 Å². The van der Waals surface area contributed by atoms with E-state index in [2.05, 4.69) is 30.2 Å². The third-order valence-electron chi connectivity index (χ3n) is 3.55. The molecule has 1 N–H and O–H groups in total. The number of aromatic amines is 1. The molecule has 0 aliphatic carbocycles. The number of para-hydroxylation sites is 2. The first-order chi connectivity index (χ1) is 12.7. The maximum Gasteiger partial charge on any atom is 0.387 e. The van der Waals surface area contributed by atoms with Gasteiger partial charge in [-0.1, -0.05) is 23.9 Å². The molecule has 2 aromatic carbocycles. The first kappa shape index (κ1) is 16.5. The van der Waals surface area contributed by atoms with Crippen LogP contribution in [0.2, 0.25) is 0 Å². The summed E-state index contributed by atoms with van der Waals surface area (Å²) in [6, 6.07) is 13.9. The number of tetrazole rings is 1. The number of nitrogens with one attached hydrogen (secondary N) is 1. The predicted octanol–water partition coefficient (Wildman–Crippen LogP) is 3.43. The van der Waals surface area contributed by atoms with Crippen molar-refractivity contribution in [3.05, 3.63) is 54.4 Å². The SMILES string of the molecule is FC(F)Oc1ccc(-n2nnnc2CSc2nc3ccccc3[nH]2)cc1. The van der Waals surface area contributed by atoms with Crippen LogP contribution >= 0.6 is 11.8 Å². The van der Waals surface area contributed by atoms with E-state index in [0.29, 0.717) is 17.3 Å². The van der Waals surface area contributed by atoms with E-state index in [1.807, 2.05) is 24.3 Å². The van der Waals surface area contributed by atoms with E-state index in [4.69, 9.17) is 0 Å². The normalized spacial score (nSPS) is 11.3. The Kier molecular flexibility index (Phi) is 4.48. The Morgan fingerprint density at radius 3 is 2.69 bits per heavy atom. The highest BCUT2D eigenvalue weighted by atomic mass is 32.2. The minimum absolute atomic E-state index is 0.0787. The third kappa shape index (κ3) is 3.49. The number of alkyl halides is 2. The van der Waals surface area contributed by atoms with Crippen LogP contribution in [0.4, 0.5) is 8.78 Å². The lowest BCUT2D eigenvalue weighted by atomic mass is 10.3. The summed E-state index contributed by atoms with van der Waals surface area (Å²) in [7, 11) is 0. The predicted molar refractivity (Wildman–Crippen MR) is 91.4 cm³/mol. The molecule has 26 heavy (non-hydrogen) atoms. The van der Waals surface area contributed by atoms with Gasteiger partial charge in [-0.25, -0.2) is 4.98 Å². The number of rotatable bonds is 6. The summed E-state index contributed by atoms with van der Waals surface area (Å²) in [5.74, 6) is 1.18. The first-order valence-corrected chi connectivity index (χ1v) is 8.57. The van der Waals surface area contributed by atoms with Gasteiger partial charge in [0, 0.05) is 0 Å². The number of hydrogen-bond donors (Lipinski definition) is 1. The van der Waals surface area contributed by atoms with Crippen molar-refractivity contribution in [2.45, 2.75) is 17.5 Å². The molecule has 4 rings (SSSR count). The quantitative estimate of drug-likeness (QED) is 0.521. The van der Waals surface area contributed by atoms with Crippen molar-refractivity contribution in [2.24, 2.45) is 0 Å². The highest BCUT2D eigenvalue weighted by Crippen LogP contribution is 2.23. The number of thioether (sulfide) groups is 1. The minimum atomic E-state index is -2.86. The van der Waals surface area contributed by atoms with E-state index in [9.17, 15) is 8.78 Å². The molecule has 0 aliphatic heterocycles. The van der Waals surface area contributed by atoms with Crippen LogP contribution in [0, 0.1) is 0 Å². The fourth-order valence-electron chi connectivity index (χ4n) is 2.40. The zero-order valence-corrected chi connectivity index (χ0v) is 14.0. The van der Waals surface area contributed by atoms with E-state index in [1.54, 1.807) is 16.8 Å². The van der Waals surface area contributed by atoms with Crippen LogP contribution in [0.5, 0.6) is 5.75 Å². The zero-order chi connectivity index (χ0) is 17.9. The largest absolute Gasteiger partial charge is 0.435 e. The van der Waals surface area contributed by atoms with Crippen LogP contribution in [0.15, 0.2) is 53.7 Å². The van der Waals surface area contributed by atoms with Crippen LogP contribution in [-0.2, 0) is 5.75 Å². The van der Waals surface area contributed by atoms with Crippen molar-refractivity contribution in [1.29, 1.82) is 0 Å². The molecule has 0 aliphatic rings. The van der Waals surface area contributed by atoms with Gasteiger partial charge in [-0.3, -0.25) is 0 Å². The number of ether oxygens (including phenoxy) is 1. The molecule has 0 unspecified atom stereocenters. The molecule has 132 valence electrons. The number of hydrogen-bond acceptors (Lipinski definition) is 6. The average Bonchev–Trinajstić information content (AvgIpc) is 3.26. The Morgan fingerprint density at radius 2 is 1.92 bits per heavy atom. The second kappa shape index (κ2) is 7.08. The van der Waals surface area contributed by atoms with Gasteiger partial charge in [-0.2, -0.15) is 13.5 Å². The zero-order valence-electron chi connectivity index (χ0n) is 13.2. The molecular formula is C16H12F2N6OS. The second-order valence-corrected chi connectivity index (χ2v) is 6.19. The molecule has 2 aromatic heterocycles. The van der Waals surface area contributed by atoms with E-state index < -0.39 is 6.61 Å². The van der Waals surface area contributed by atoms with E-state index in [-0.39, 0.29) is 5.75 Å². The first-order valence-electron chi connectivity index (χ1n) is 7.59. The van der Waals surface area contributed by atoms with Crippen molar-refractivity contribution in [3.8, 4) is 11.4 Å². The third-order valence-corrected chi connectivity index (χ3v) is 4.42. The molecule has 0 amide bonds. The fourth-order valence-corrected chi connectivity index (χ4v) is 3.19. The van der Waals surface area contributed by atoms with Gasteiger partial charge in [0.05, 0.1) is 22.5 Å². The fraction of sp³-hybridized carbons (Fsp3) is 0.125. The molecule has 0 saturated heterocycles. The average molecular weight is 374 g/mol. The highest BCUT2D eigenvalue weighted by molar-refractivity contribution is 7.98. The van der Waals surface area contributed by atoms with Crippen molar-refractivity contribution < 1.29 is 13.5 Å². The summed E-state index contributed by atoms with van der Waals surface area (Å²) in [5, 5.41) is 12.4. The Labute approximate surface area is 150 Å². The topological polar surface area (TPSA) is 81.5 Å². The van der Waals surface area contributed by atoms with Gasteiger partial charge in [-0.05, 0) is 46.8 Å². The van der Waals surface area contributed by atoms with Crippen LogP contribution in [0.1, 0.15) is 5.82 Å². The minimum Gasteiger partial charge on any atom is -0.435 e. The van der Waals surface area contributed by atoms with E-state index in [0.717, 1.165) is 16.2 Å². The number of benzene rings is 2. The molecular weight excluding hydrogens is 362 g/mol. The highest BCUT2D eigenvalue weighted by Gasteiger charge is 2.11. The van der Waals surface area contributed by atoms with Crippen LogP contribution in [-0.4, -0.2) is 36.8 Å². The molecule has 2 heterocycles. The maximum atomic E-state index is 12.2. The lowest BCUT2D eigenvalue weighted by molar-refractivity contribution is -0.0498. The number of halogens is 2. The number of fused-ring (bicyclic) bond motifs is 1. The Hall–Kier alpha value is -3.01. The molecule has 0 saturated carbocycles. The maximum absolute atomic E-state index is 12.2. The number of nitrogens with zero attached hydrogens (tertiary/aromatic N) is 5. The summed E-state index contributed by atoms with van der Waals surface area (Å²) in [6.45, 7) is -2.86. The molecule has 0 atom stereocenters. The number of imidazole rings is 1. The lowest BCUT2D eigenvalue weighted by Crippen LogP contribution is -2.04. The number of aromatic nitrogens is 6. The monoisotopic (exact) mass is 374 g/mol. The van der Waals surface area contributed by atoms with Gasteiger partial charge >= 0.3 is 6.61 Å².